The van der Waals surface area contributed by atoms with Crippen molar-refractivity contribution >= 4 is 19.8 Å². The number of unbranched alkanes of at least 4 members (excludes halogenated alkanes) is 20. The molecule has 12 heteroatoms. The molecular weight excluding hydrogens is 808 g/mol. The molecular formula is C50H91O11P. The van der Waals surface area contributed by atoms with Crippen LogP contribution >= 0.6 is 7.82 Å². The predicted molar refractivity (Wildman–Crippen MR) is 251 cm³/mol. The van der Waals surface area contributed by atoms with Crippen LogP contribution in [-0.4, -0.2) is 77.9 Å². The average Bonchev–Trinajstić information content (AvgIpc) is 4.00. The number of rotatable bonds is 45. The summed E-state index contributed by atoms with van der Waals surface area (Å²) in [7, 11) is -4.64. The van der Waals surface area contributed by atoms with Gasteiger partial charge in [-0.1, -0.05) is 192 Å². The predicted octanol–water partition coefficient (Wildman–Crippen LogP) is 12.7. The van der Waals surface area contributed by atoms with Crippen molar-refractivity contribution in [3.8, 4) is 0 Å². The van der Waals surface area contributed by atoms with E-state index < -0.39 is 51.8 Å². The number of epoxide rings is 1. The molecule has 1 fully saturated rings. The van der Waals surface area contributed by atoms with E-state index in [1.807, 2.05) is 6.08 Å². The molecule has 3 N–H and O–H groups in total. The van der Waals surface area contributed by atoms with E-state index in [1.54, 1.807) is 0 Å². The van der Waals surface area contributed by atoms with E-state index in [4.69, 9.17) is 28.4 Å². The smallest absolute Gasteiger partial charge is 0.462 e. The summed E-state index contributed by atoms with van der Waals surface area (Å²) < 4.78 is 38.5. The van der Waals surface area contributed by atoms with E-state index in [0.717, 1.165) is 44.4 Å². The summed E-state index contributed by atoms with van der Waals surface area (Å²) in [4.78, 5) is 35.1. The van der Waals surface area contributed by atoms with Gasteiger partial charge in [-0.05, 0) is 50.9 Å². The third-order valence-corrected chi connectivity index (χ3v) is 12.1. The topological polar surface area (TPSA) is 161 Å². The standard InChI is InChI=1S/C50H91O11P/c1-4-5-30-36-47-48(61-47)37-32-27-23-19-16-17-21-25-29-34-39-50(54)60-46(43-59-62(55,56)58-41-45(52)40-51)42-57-49(53)38-33-28-24-20-15-13-11-9-7-6-8-10-12-14-18-22-26-31-35-44(2)3/h16,19,21,25,27,32,44-48,51-52H,4-15,17-18,20,22-24,26,28-31,33-43H2,1-3H3,(H,55,56)/b19-16-,25-21-,32-27-/t45-,46+,47?,48?/m0/s1. The van der Waals surface area contributed by atoms with Crippen molar-refractivity contribution in [2.75, 3.05) is 26.4 Å². The largest absolute Gasteiger partial charge is 0.472 e. The number of esters is 2. The molecule has 0 saturated carbocycles. The number of hydrogen-bond acceptors (Lipinski definition) is 10. The molecule has 1 aliphatic rings. The van der Waals surface area contributed by atoms with Gasteiger partial charge < -0.3 is 29.3 Å². The zero-order valence-electron chi connectivity index (χ0n) is 39.4. The van der Waals surface area contributed by atoms with E-state index in [-0.39, 0.29) is 19.4 Å². The summed E-state index contributed by atoms with van der Waals surface area (Å²) >= 11 is 0. The highest BCUT2D eigenvalue weighted by atomic mass is 31.2. The Morgan fingerprint density at radius 2 is 1.15 bits per heavy atom. The molecule has 1 aliphatic heterocycles. The van der Waals surface area contributed by atoms with Crippen LogP contribution in [0, 0.1) is 5.92 Å². The first-order chi connectivity index (χ1) is 30.1. The summed E-state index contributed by atoms with van der Waals surface area (Å²) in [5.74, 6) is -0.147. The lowest BCUT2D eigenvalue weighted by Gasteiger charge is -2.20. The lowest BCUT2D eigenvalue weighted by Crippen LogP contribution is -2.29. The third-order valence-electron chi connectivity index (χ3n) is 11.1. The van der Waals surface area contributed by atoms with Crippen LogP contribution in [0.25, 0.3) is 0 Å². The van der Waals surface area contributed by atoms with E-state index in [0.29, 0.717) is 31.5 Å². The quantitative estimate of drug-likeness (QED) is 0.0175. The molecule has 11 nitrogen and oxygen atoms in total. The van der Waals surface area contributed by atoms with Gasteiger partial charge in [0, 0.05) is 12.8 Å². The van der Waals surface area contributed by atoms with Crippen LogP contribution in [0.4, 0.5) is 0 Å². The van der Waals surface area contributed by atoms with Crippen LogP contribution in [-0.2, 0) is 37.4 Å². The fraction of sp³-hybridized carbons (Fsp3) is 0.840. The van der Waals surface area contributed by atoms with Crippen LogP contribution in [0.1, 0.15) is 213 Å². The molecule has 0 radical (unpaired) electrons. The number of hydrogen-bond donors (Lipinski definition) is 3. The minimum Gasteiger partial charge on any atom is -0.462 e. The van der Waals surface area contributed by atoms with E-state index in [9.17, 15) is 24.2 Å². The fourth-order valence-corrected chi connectivity index (χ4v) is 8.00. The molecule has 0 bridgehead atoms. The Kier molecular flexibility index (Phi) is 38.1. The van der Waals surface area contributed by atoms with E-state index in [1.165, 1.54) is 122 Å². The number of phosphoric ester groups is 1. The Morgan fingerprint density at radius 1 is 0.629 bits per heavy atom. The van der Waals surface area contributed by atoms with Gasteiger partial charge in [0.2, 0.25) is 0 Å². The summed E-state index contributed by atoms with van der Waals surface area (Å²) in [6, 6.07) is 0. The maximum Gasteiger partial charge on any atom is 0.472 e. The first kappa shape index (κ1) is 58.2. The van der Waals surface area contributed by atoms with Crippen LogP contribution in [0.3, 0.4) is 0 Å². The highest BCUT2D eigenvalue weighted by Gasteiger charge is 2.36. The van der Waals surface area contributed by atoms with E-state index in [2.05, 4.69) is 51.2 Å². The lowest BCUT2D eigenvalue weighted by atomic mass is 10.0. The fourth-order valence-electron chi connectivity index (χ4n) is 7.21. The van der Waals surface area contributed by atoms with Crippen molar-refractivity contribution in [2.24, 2.45) is 5.92 Å². The number of carbonyl (C=O) groups excluding carboxylic acids is 2. The maximum atomic E-state index is 12.6. The molecule has 0 aromatic rings. The van der Waals surface area contributed by atoms with Crippen LogP contribution < -0.4 is 0 Å². The zero-order valence-corrected chi connectivity index (χ0v) is 40.3. The minimum absolute atomic E-state index is 0.106. The first-order valence-electron chi connectivity index (χ1n) is 24.9. The Labute approximate surface area is 377 Å². The first-order valence-corrected chi connectivity index (χ1v) is 26.4. The van der Waals surface area contributed by atoms with Crippen LogP contribution in [0.5, 0.6) is 0 Å². The number of phosphoric acid groups is 1. The molecule has 3 unspecified atom stereocenters. The van der Waals surface area contributed by atoms with Crippen molar-refractivity contribution in [3.63, 3.8) is 0 Å². The van der Waals surface area contributed by atoms with Crippen molar-refractivity contribution < 1.29 is 52.5 Å². The number of aliphatic hydroxyl groups excluding tert-OH is 2. The van der Waals surface area contributed by atoms with Gasteiger partial charge in [-0.2, -0.15) is 0 Å². The van der Waals surface area contributed by atoms with E-state index >= 15 is 0 Å². The zero-order chi connectivity index (χ0) is 45.4. The van der Waals surface area contributed by atoms with Gasteiger partial charge in [0.05, 0.1) is 32.0 Å². The van der Waals surface area contributed by atoms with Gasteiger partial charge in [0.1, 0.15) is 12.7 Å². The maximum absolute atomic E-state index is 12.6. The summed E-state index contributed by atoms with van der Waals surface area (Å²) in [5, 5.41) is 18.4. The highest BCUT2D eigenvalue weighted by Crippen LogP contribution is 2.43. The number of aliphatic hydroxyl groups is 2. The number of allylic oxidation sites excluding steroid dienone is 5. The second kappa shape index (κ2) is 40.6. The van der Waals surface area contributed by atoms with Crippen LogP contribution in [0.15, 0.2) is 36.5 Å². The molecule has 0 aliphatic carbocycles. The van der Waals surface area contributed by atoms with Gasteiger partial charge in [-0.3, -0.25) is 18.6 Å². The average molecular weight is 899 g/mol. The molecule has 1 rings (SSSR count). The second-order valence-corrected chi connectivity index (χ2v) is 19.2. The number of ether oxygens (including phenoxy) is 3. The van der Waals surface area contributed by atoms with Crippen LogP contribution in [0.2, 0.25) is 0 Å². The molecule has 0 amide bonds. The summed E-state index contributed by atoms with van der Waals surface area (Å²) in [6.07, 6.45) is 44.4. The number of carbonyl (C=O) groups is 2. The molecule has 1 saturated heterocycles. The molecule has 0 aromatic carbocycles. The Morgan fingerprint density at radius 3 is 1.71 bits per heavy atom. The van der Waals surface area contributed by atoms with Gasteiger partial charge in [0.15, 0.2) is 6.10 Å². The Balaban J connectivity index is 2.20. The van der Waals surface area contributed by atoms with Crippen molar-refractivity contribution in [1.29, 1.82) is 0 Å². The monoisotopic (exact) mass is 899 g/mol. The minimum atomic E-state index is -4.64. The SMILES string of the molecule is CCCCCC1OC1C/C=C\C/C=C\C/C=C\CCCC(=O)O[C@H](COC(=O)CCCCCCCCCCCCCCCCCCCCC(C)C)COP(=O)(O)OC[C@@H](O)CO. The summed E-state index contributed by atoms with van der Waals surface area (Å²) in [5.41, 5.74) is 0. The second-order valence-electron chi connectivity index (χ2n) is 17.7. The van der Waals surface area contributed by atoms with Crippen molar-refractivity contribution in [3.05, 3.63) is 36.5 Å². The normalized spacial score (nSPS) is 17.3. The molecule has 62 heavy (non-hydrogen) atoms. The van der Waals surface area contributed by atoms with Gasteiger partial charge in [0.25, 0.3) is 0 Å². The molecule has 1 heterocycles. The van der Waals surface area contributed by atoms with Gasteiger partial charge >= 0.3 is 19.8 Å². The van der Waals surface area contributed by atoms with Crippen molar-refractivity contribution in [2.45, 2.75) is 238 Å². The Bertz CT molecular complexity index is 1210. The molecule has 362 valence electrons. The molecule has 0 spiro atoms. The molecule has 0 aromatic heterocycles. The molecule has 5 atom stereocenters. The summed E-state index contributed by atoms with van der Waals surface area (Å²) in [6.45, 7) is 4.66. The lowest BCUT2D eigenvalue weighted by molar-refractivity contribution is -0.161. The third kappa shape index (κ3) is 38.6. The van der Waals surface area contributed by atoms with Crippen molar-refractivity contribution in [1.82, 2.24) is 0 Å². The highest BCUT2D eigenvalue weighted by molar-refractivity contribution is 7.47. The Hall–Kier alpha value is -1.85. The van der Waals surface area contributed by atoms with Gasteiger partial charge in [-0.15, -0.1) is 0 Å². The van der Waals surface area contributed by atoms with Gasteiger partial charge in [-0.25, -0.2) is 4.57 Å².